The molecular formula is C24H25N5O2. The van der Waals surface area contributed by atoms with Crippen LogP contribution in [0, 0.1) is 11.3 Å². The topological polar surface area (TPSA) is 102 Å². The van der Waals surface area contributed by atoms with Crippen LogP contribution in [0.1, 0.15) is 42.9 Å². The SMILES string of the molecule is N#CC(C(=O)NCc1ccc(O)cc1)c1nc2ccccc2nc1N1CCCCCC1. The van der Waals surface area contributed by atoms with Crippen molar-refractivity contribution in [3.8, 4) is 11.8 Å². The summed E-state index contributed by atoms with van der Waals surface area (Å²) in [6.45, 7) is 1.94. The molecular weight excluding hydrogens is 390 g/mol. The third-order valence-electron chi connectivity index (χ3n) is 5.55. The molecule has 158 valence electrons. The molecule has 1 fully saturated rings. The van der Waals surface area contributed by atoms with E-state index in [1.54, 1.807) is 24.3 Å². The zero-order chi connectivity index (χ0) is 21.6. The molecule has 1 unspecified atom stereocenters. The lowest BCUT2D eigenvalue weighted by molar-refractivity contribution is -0.121. The summed E-state index contributed by atoms with van der Waals surface area (Å²) in [5.41, 5.74) is 2.67. The van der Waals surface area contributed by atoms with Crippen LogP contribution in [-0.4, -0.2) is 34.1 Å². The summed E-state index contributed by atoms with van der Waals surface area (Å²) in [5, 5.41) is 22.2. The number of fused-ring (bicyclic) bond motifs is 1. The fourth-order valence-corrected chi connectivity index (χ4v) is 3.86. The second-order valence-electron chi connectivity index (χ2n) is 7.77. The number of phenolic OH excluding ortho intramolecular Hbond substituents is 1. The molecule has 4 rings (SSSR count). The largest absolute Gasteiger partial charge is 0.508 e. The van der Waals surface area contributed by atoms with Gasteiger partial charge in [-0.05, 0) is 42.7 Å². The predicted octanol–water partition coefficient (Wildman–Crippen LogP) is 3.64. The molecule has 7 heteroatoms. The summed E-state index contributed by atoms with van der Waals surface area (Å²) < 4.78 is 0. The maximum Gasteiger partial charge on any atom is 0.243 e. The number of nitriles is 1. The van der Waals surface area contributed by atoms with E-state index < -0.39 is 11.8 Å². The summed E-state index contributed by atoms with van der Waals surface area (Å²) in [7, 11) is 0. The molecule has 1 amide bonds. The molecule has 7 nitrogen and oxygen atoms in total. The van der Waals surface area contributed by atoms with Gasteiger partial charge in [-0.3, -0.25) is 4.79 Å². The van der Waals surface area contributed by atoms with E-state index >= 15 is 0 Å². The van der Waals surface area contributed by atoms with Gasteiger partial charge in [-0.25, -0.2) is 9.97 Å². The quantitative estimate of drug-likeness (QED) is 0.660. The van der Waals surface area contributed by atoms with Crippen molar-refractivity contribution in [3.63, 3.8) is 0 Å². The van der Waals surface area contributed by atoms with E-state index in [1.807, 2.05) is 24.3 Å². The van der Waals surface area contributed by atoms with Gasteiger partial charge < -0.3 is 15.3 Å². The smallest absolute Gasteiger partial charge is 0.243 e. The Kier molecular flexibility index (Phi) is 6.27. The van der Waals surface area contributed by atoms with Crippen molar-refractivity contribution in [1.29, 1.82) is 5.26 Å². The fourth-order valence-electron chi connectivity index (χ4n) is 3.86. The van der Waals surface area contributed by atoms with Crippen LogP contribution in [-0.2, 0) is 11.3 Å². The van der Waals surface area contributed by atoms with Crippen molar-refractivity contribution < 1.29 is 9.90 Å². The first-order valence-electron chi connectivity index (χ1n) is 10.6. The number of rotatable bonds is 5. The average Bonchev–Trinajstić information content (AvgIpc) is 3.08. The van der Waals surface area contributed by atoms with Gasteiger partial charge in [0.05, 0.1) is 17.1 Å². The highest BCUT2D eigenvalue weighted by Crippen LogP contribution is 2.29. The minimum Gasteiger partial charge on any atom is -0.508 e. The standard InChI is InChI=1S/C24H25N5O2/c25-15-19(24(31)26-16-17-9-11-18(30)12-10-17)22-23(29-13-5-1-2-6-14-29)28-21-8-4-3-7-20(21)27-22/h3-4,7-12,19,30H,1-2,5-6,13-14,16H2,(H,26,31). The Bertz CT molecular complexity index is 1100. The minimum atomic E-state index is -1.06. The molecule has 1 aliphatic rings. The summed E-state index contributed by atoms with van der Waals surface area (Å²) in [6.07, 6.45) is 4.44. The van der Waals surface area contributed by atoms with Gasteiger partial charge in [0.2, 0.25) is 5.91 Å². The van der Waals surface area contributed by atoms with Crippen molar-refractivity contribution in [2.24, 2.45) is 0 Å². The van der Waals surface area contributed by atoms with Gasteiger partial charge >= 0.3 is 0 Å². The number of phenols is 1. The van der Waals surface area contributed by atoms with Gasteiger partial charge in [0.25, 0.3) is 0 Å². The Labute approximate surface area is 181 Å². The Morgan fingerprint density at radius 3 is 2.32 bits per heavy atom. The number of carbonyl (C=O) groups excluding carboxylic acids is 1. The maximum atomic E-state index is 13.0. The molecule has 2 heterocycles. The lowest BCUT2D eigenvalue weighted by atomic mass is 10.0. The summed E-state index contributed by atoms with van der Waals surface area (Å²) in [4.78, 5) is 24.7. The highest BCUT2D eigenvalue weighted by atomic mass is 16.3. The van der Waals surface area contributed by atoms with E-state index in [9.17, 15) is 15.2 Å². The minimum absolute atomic E-state index is 0.165. The molecule has 1 aliphatic heterocycles. The van der Waals surface area contributed by atoms with Crippen molar-refractivity contribution in [3.05, 3.63) is 59.8 Å². The monoisotopic (exact) mass is 415 g/mol. The zero-order valence-electron chi connectivity index (χ0n) is 17.3. The van der Waals surface area contributed by atoms with E-state index in [1.165, 1.54) is 12.8 Å². The van der Waals surface area contributed by atoms with E-state index in [-0.39, 0.29) is 12.3 Å². The number of para-hydroxylation sites is 2. The number of anilines is 1. The molecule has 1 atom stereocenters. The second kappa shape index (κ2) is 9.43. The summed E-state index contributed by atoms with van der Waals surface area (Å²) in [5.74, 6) is -0.672. The molecule has 3 aromatic rings. The fraction of sp³-hybridized carbons (Fsp3) is 0.333. The van der Waals surface area contributed by atoms with Crippen LogP contribution in [0.25, 0.3) is 11.0 Å². The molecule has 0 aliphatic carbocycles. The van der Waals surface area contributed by atoms with Gasteiger partial charge in [0, 0.05) is 19.6 Å². The van der Waals surface area contributed by atoms with Crippen LogP contribution in [0.5, 0.6) is 5.75 Å². The zero-order valence-corrected chi connectivity index (χ0v) is 17.3. The Morgan fingerprint density at radius 2 is 1.68 bits per heavy atom. The first-order chi connectivity index (χ1) is 15.2. The number of benzene rings is 2. The third-order valence-corrected chi connectivity index (χ3v) is 5.55. The Morgan fingerprint density at radius 1 is 1.03 bits per heavy atom. The molecule has 0 saturated carbocycles. The average molecular weight is 415 g/mol. The third kappa shape index (κ3) is 4.75. The maximum absolute atomic E-state index is 13.0. The molecule has 0 radical (unpaired) electrons. The Balaban J connectivity index is 1.65. The molecule has 2 N–H and O–H groups in total. The lowest BCUT2D eigenvalue weighted by Crippen LogP contribution is -2.32. The van der Waals surface area contributed by atoms with E-state index in [0.29, 0.717) is 17.0 Å². The van der Waals surface area contributed by atoms with Gasteiger partial charge in [-0.2, -0.15) is 5.26 Å². The van der Waals surface area contributed by atoms with Crippen LogP contribution in [0.2, 0.25) is 0 Å². The molecule has 31 heavy (non-hydrogen) atoms. The number of carbonyl (C=O) groups is 1. The van der Waals surface area contributed by atoms with Gasteiger partial charge in [-0.15, -0.1) is 0 Å². The van der Waals surface area contributed by atoms with E-state index in [2.05, 4.69) is 16.3 Å². The van der Waals surface area contributed by atoms with Crippen LogP contribution < -0.4 is 10.2 Å². The number of aromatic nitrogens is 2. The van der Waals surface area contributed by atoms with Crippen LogP contribution >= 0.6 is 0 Å². The highest BCUT2D eigenvalue weighted by molar-refractivity contribution is 5.88. The van der Waals surface area contributed by atoms with Gasteiger partial charge in [0.15, 0.2) is 11.7 Å². The van der Waals surface area contributed by atoms with Crippen molar-refractivity contribution in [2.45, 2.75) is 38.1 Å². The highest BCUT2D eigenvalue weighted by Gasteiger charge is 2.29. The van der Waals surface area contributed by atoms with Gasteiger partial charge in [-0.1, -0.05) is 37.1 Å². The number of hydrogen-bond acceptors (Lipinski definition) is 6. The lowest BCUT2D eigenvalue weighted by Gasteiger charge is -2.25. The summed E-state index contributed by atoms with van der Waals surface area (Å²) >= 11 is 0. The molecule has 0 bridgehead atoms. The van der Waals surface area contributed by atoms with Gasteiger partial charge in [0.1, 0.15) is 11.4 Å². The van der Waals surface area contributed by atoms with Crippen LogP contribution in [0.15, 0.2) is 48.5 Å². The number of aromatic hydroxyl groups is 1. The van der Waals surface area contributed by atoms with Crippen molar-refractivity contribution in [2.75, 3.05) is 18.0 Å². The van der Waals surface area contributed by atoms with Crippen LogP contribution in [0.3, 0.4) is 0 Å². The van der Waals surface area contributed by atoms with Crippen molar-refractivity contribution in [1.82, 2.24) is 15.3 Å². The number of nitrogens with zero attached hydrogens (tertiary/aromatic N) is 4. The predicted molar refractivity (Wildman–Crippen MR) is 119 cm³/mol. The number of nitrogens with one attached hydrogen (secondary N) is 1. The van der Waals surface area contributed by atoms with E-state index in [0.717, 1.165) is 37.0 Å². The summed E-state index contributed by atoms with van der Waals surface area (Å²) in [6, 6.07) is 16.3. The van der Waals surface area contributed by atoms with Crippen molar-refractivity contribution >= 4 is 22.8 Å². The molecule has 1 saturated heterocycles. The molecule has 1 aromatic heterocycles. The van der Waals surface area contributed by atoms with E-state index in [4.69, 9.17) is 9.97 Å². The first-order valence-corrected chi connectivity index (χ1v) is 10.6. The first kappa shape index (κ1) is 20.6. The number of amides is 1. The second-order valence-corrected chi connectivity index (χ2v) is 7.77. The molecule has 0 spiro atoms. The Hall–Kier alpha value is -3.66. The van der Waals surface area contributed by atoms with Crippen LogP contribution in [0.4, 0.5) is 5.82 Å². The number of hydrogen-bond donors (Lipinski definition) is 2. The molecule has 2 aromatic carbocycles. The normalized spacial score (nSPS) is 15.1.